The molecule has 2 amide bonds. The summed E-state index contributed by atoms with van der Waals surface area (Å²) in [5.74, 6) is -1.40. The van der Waals surface area contributed by atoms with Crippen LogP contribution in [-0.4, -0.2) is 41.9 Å². The number of amides is 2. The zero-order valence-electron chi connectivity index (χ0n) is 14.7. The summed E-state index contributed by atoms with van der Waals surface area (Å²) in [6.07, 6.45) is -0.144. The number of rotatable bonds is 5. The van der Waals surface area contributed by atoms with Crippen molar-refractivity contribution in [1.29, 1.82) is 0 Å². The maximum Gasteiger partial charge on any atom is 0.326 e. The fourth-order valence-corrected chi connectivity index (χ4v) is 3.21. The maximum absolute atomic E-state index is 12.5. The van der Waals surface area contributed by atoms with E-state index >= 15 is 0 Å². The molecule has 1 aliphatic rings. The molecule has 0 spiro atoms. The lowest BCUT2D eigenvalue weighted by Gasteiger charge is -2.30. The topological polar surface area (TPSA) is 88.8 Å². The third-order valence-corrected chi connectivity index (χ3v) is 4.71. The van der Waals surface area contributed by atoms with Gasteiger partial charge < -0.3 is 19.4 Å². The number of esters is 1. The van der Waals surface area contributed by atoms with E-state index in [-0.39, 0.29) is 18.2 Å². The van der Waals surface area contributed by atoms with Crippen LogP contribution in [0.1, 0.15) is 28.6 Å². The van der Waals surface area contributed by atoms with E-state index in [9.17, 15) is 14.4 Å². The zero-order valence-corrected chi connectivity index (χ0v) is 16.3. The highest BCUT2D eigenvalue weighted by atomic mass is 79.9. The molecule has 0 aliphatic carbocycles. The number of nitrogens with zero attached hydrogens (tertiary/aromatic N) is 1. The fraction of sp³-hybridized carbons (Fsp3) is 0.316. The normalized spacial score (nSPS) is 14.2. The fourth-order valence-electron chi connectivity index (χ4n) is 2.91. The van der Waals surface area contributed by atoms with E-state index in [0.717, 1.165) is 12.0 Å². The highest BCUT2D eigenvalue weighted by molar-refractivity contribution is 9.10. The molecule has 2 heterocycles. The number of furan rings is 1. The Morgan fingerprint density at radius 1 is 1.22 bits per heavy atom. The quantitative estimate of drug-likeness (QED) is 0.729. The standard InChI is InChI=1S/C19H19BrN2O5/c1-12(19(25)22-9-8-13-4-2-3-5-14(13)11-22)26-17(23)10-21-18(24)15-6-7-16(20)27-15/h2-7,12H,8-11H2,1H3,(H,21,24)/t12-/m0/s1. The van der Waals surface area contributed by atoms with Gasteiger partial charge in [0.1, 0.15) is 6.54 Å². The monoisotopic (exact) mass is 434 g/mol. The van der Waals surface area contributed by atoms with Crippen LogP contribution in [0.25, 0.3) is 0 Å². The van der Waals surface area contributed by atoms with Crippen LogP contribution in [0.5, 0.6) is 0 Å². The van der Waals surface area contributed by atoms with Gasteiger partial charge in [0.05, 0.1) is 0 Å². The number of nitrogens with one attached hydrogen (secondary N) is 1. The first kappa shape index (κ1) is 19.2. The second kappa shape index (κ2) is 8.39. The van der Waals surface area contributed by atoms with Crippen LogP contribution in [0.4, 0.5) is 0 Å². The third-order valence-electron chi connectivity index (χ3n) is 4.29. The van der Waals surface area contributed by atoms with Gasteiger partial charge in [0.25, 0.3) is 11.8 Å². The predicted molar refractivity (Wildman–Crippen MR) is 99.9 cm³/mol. The Morgan fingerprint density at radius 3 is 2.67 bits per heavy atom. The van der Waals surface area contributed by atoms with E-state index in [2.05, 4.69) is 27.3 Å². The number of fused-ring (bicyclic) bond motifs is 1. The van der Waals surface area contributed by atoms with E-state index in [1.165, 1.54) is 18.6 Å². The van der Waals surface area contributed by atoms with Gasteiger partial charge in [-0.3, -0.25) is 14.4 Å². The minimum atomic E-state index is -0.919. The van der Waals surface area contributed by atoms with Gasteiger partial charge in [-0.2, -0.15) is 0 Å². The molecule has 0 fully saturated rings. The summed E-state index contributed by atoms with van der Waals surface area (Å²) in [6.45, 7) is 2.27. The summed E-state index contributed by atoms with van der Waals surface area (Å²) in [5, 5.41) is 2.40. The number of carbonyl (C=O) groups is 3. The molecule has 1 aromatic heterocycles. The van der Waals surface area contributed by atoms with Gasteiger partial charge in [0.2, 0.25) is 0 Å². The van der Waals surface area contributed by atoms with Crippen molar-refractivity contribution in [2.45, 2.75) is 26.0 Å². The number of hydrogen-bond donors (Lipinski definition) is 1. The molecule has 7 nitrogen and oxygen atoms in total. The lowest BCUT2D eigenvalue weighted by atomic mass is 9.99. The lowest BCUT2D eigenvalue weighted by Crippen LogP contribution is -2.43. The molecule has 1 aliphatic heterocycles. The molecule has 0 radical (unpaired) electrons. The van der Waals surface area contributed by atoms with Crippen LogP contribution in [0.2, 0.25) is 0 Å². The summed E-state index contributed by atoms with van der Waals surface area (Å²) in [4.78, 5) is 38.0. The molecule has 1 aromatic carbocycles. The van der Waals surface area contributed by atoms with Gasteiger partial charge in [0.15, 0.2) is 16.5 Å². The highest BCUT2D eigenvalue weighted by Crippen LogP contribution is 2.19. The summed E-state index contributed by atoms with van der Waals surface area (Å²) < 4.78 is 10.7. The molecule has 1 N–H and O–H groups in total. The summed E-state index contributed by atoms with van der Waals surface area (Å²) in [7, 11) is 0. The molecule has 0 bridgehead atoms. The summed E-state index contributed by atoms with van der Waals surface area (Å²) >= 11 is 3.10. The Bertz CT molecular complexity index is 863. The lowest BCUT2D eigenvalue weighted by molar-refractivity contribution is -0.158. The minimum Gasteiger partial charge on any atom is -0.451 e. The van der Waals surface area contributed by atoms with Crippen LogP contribution in [-0.2, 0) is 27.3 Å². The predicted octanol–water partition coefficient (Wildman–Crippen LogP) is 2.29. The summed E-state index contributed by atoms with van der Waals surface area (Å²) in [6, 6.07) is 11.0. The largest absolute Gasteiger partial charge is 0.451 e. The second-order valence-electron chi connectivity index (χ2n) is 6.20. The van der Waals surface area contributed by atoms with Crippen molar-refractivity contribution in [3.8, 4) is 0 Å². The smallest absolute Gasteiger partial charge is 0.326 e. The molecule has 8 heteroatoms. The molecule has 3 rings (SSSR count). The first-order valence-corrected chi connectivity index (χ1v) is 9.32. The Hall–Kier alpha value is -2.61. The van der Waals surface area contributed by atoms with Gasteiger partial charge in [-0.15, -0.1) is 0 Å². The van der Waals surface area contributed by atoms with Crippen molar-refractivity contribution in [2.75, 3.05) is 13.1 Å². The number of hydrogen-bond acceptors (Lipinski definition) is 5. The molecule has 0 saturated carbocycles. The average molecular weight is 435 g/mol. The van der Waals surface area contributed by atoms with E-state index in [1.807, 2.05) is 18.2 Å². The van der Waals surface area contributed by atoms with E-state index < -0.39 is 18.0 Å². The van der Waals surface area contributed by atoms with Gasteiger partial charge in [-0.1, -0.05) is 24.3 Å². The molecule has 1 atom stereocenters. The highest BCUT2D eigenvalue weighted by Gasteiger charge is 2.27. The summed E-state index contributed by atoms with van der Waals surface area (Å²) in [5.41, 5.74) is 2.34. The first-order chi connectivity index (χ1) is 12.9. The van der Waals surface area contributed by atoms with Crippen molar-refractivity contribution >= 4 is 33.7 Å². The first-order valence-electron chi connectivity index (χ1n) is 8.52. The number of halogens is 1. The van der Waals surface area contributed by atoms with E-state index in [0.29, 0.717) is 17.8 Å². The van der Waals surface area contributed by atoms with Crippen LogP contribution in [0, 0.1) is 0 Å². The van der Waals surface area contributed by atoms with Gasteiger partial charge >= 0.3 is 5.97 Å². The second-order valence-corrected chi connectivity index (χ2v) is 6.98. The van der Waals surface area contributed by atoms with Crippen LogP contribution in [0.3, 0.4) is 0 Å². The molecule has 2 aromatic rings. The van der Waals surface area contributed by atoms with Gasteiger partial charge in [-0.05, 0) is 52.5 Å². The van der Waals surface area contributed by atoms with Crippen molar-refractivity contribution in [3.05, 3.63) is 58.0 Å². The molecule has 0 unspecified atom stereocenters. The molecule has 0 saturated heterocycles. The van der Waals surface area contributed by atoms with Crippen molar-refractivity contribution < 1.29 is 23.5 Å². The Balaban J connectivity index is 1.48. The van der Waals surface area contributed by atoms with E-state index in [1.54, 1.807) is 11.0 Å². The van der Waals surface area contributed by atoms with Crippen LogP contribution >= 0.6 is 15.9 Å². The SMILES string of the molecule is C[C@H](OC(=O)CNC(=O)c1ccc(Br)o1)C(=O)N1CCc2ccccc2C1. The van der Waals surface area contributed by atoms with Crippen LogP contribution in [0.15, 0.2) is 45.5 Å². The Labute approximate surface area is 164 Å². The van der Waals surface area contributed by atoms with Gasteiger partial charge in [-0.25, -0.2) is 0 Å². The number of ether oxygens (including phenoxy) is 1. The third kappa shape index (κ3) is 4.77. The molecule has 142 valence electrons. The number of carbonyl (C=O) groups excluding carboxylic acids is 3. The van der Waals surface area contributed by atoms with Crippen molar-refractivity contribution in [3.63, 3.8) is 0 Å². The zero-order chi connectivity index (χ0) is 19.4. The Morgan fingerprint density at radius 2 is 1.96 bits per heavy atom. The average Bonchev–Trinajstić information content (AvgIpc) is 3.11. The Kier molecular flexibility index (Phi) is 5.95. The number of benzene rings is 1. The molecule has 27 heavy (non-hydrogen) atoms. The van der Waals surface area contributed by atoms with Gasteiger partial charge in [0, 0.05) is 13.1 Å². The van der Waals surface area contributed by atoms with E-state index in [4.69, 9.17) is 9.15 Å². The maximum atomic E-state index is 12.5. The molecular formula is C19H19BrN2O5. The molecular weight excluding hydrogens is 416 g/mol. The van der Waals surface area contributed by atoms with Crippen molar-refractivity contribution in [2.24, 2.45) is 0 Å². The minimum absolute atomic E-state index is 0.0748. The van der Waals surface area contributed by atoms with Crippen LogP contribution < -0.4 is 5.32 Å². The van der Waals surface area contributed by atoms with Crippen molar-refractivity contribution in [1.82, 2.24) is 10.2 Å².